The second-order valence-electron chi connectivity index (χ2n) is 3.85. The third-order valence-electron chi connectivity index (χ3n) is 2.61. The van der Waals surface area contributed by atoms with E-state index in [-0.39, 0.29) is 0 Å². The van der Waals surface area contributed by atoms with Gasteiger partial charge in [-0.3, -0.25) is 0 Å². The highest BCUT2D eigenvalue weighted by Gasteiger charge is 2.11. The highest BCUT2D eigenvalue weighted by Crippen LogP contribution is 2.34. The van der Waals surface area contributed by atoms with E-state index in [0.29, 0.717) is 13.1 Å². The first kappa shape index (κ1) is 12.1. The van der Waals surface area contributed by atoms with Crippen molar-refractivity contribution in [2.45, 2.75) is 6.92 Å². The van der Waals surface area contributed by atoms with Gasteiger partial charge in [-0.05, 0) is 28.9 Å². The minimum atomic E-state index is 0.570. The van der Waals surface area contributed by atoms with E-state index in [1.54, 1.807) is 0 Å². The summed E-state index contributed by atoms with van der Waals surface area (Å²) >= 11 is 3.54. The number of pyridine rings is 1. The molecule has 4 nitrogen and oxygen atoms in total. The molecule has 5 heteroatoms. The molecular formula is C12H15BrN4. The average Bonchev–Trinajstić information content (AvgIpc) is 2.32. The Morgan fingerprint density at radius 1 is 1.41 bits per heavy atom. The van der Waals surface area contributed by atoms with Crippen LogP contribution in [0, 0.1) is 6.92 Å². The molecule has 1 heterocycles. The maximum Gasteiger partial charge on any atom is 0.134 e. The zero-order valence-electron chi connectivity index (χ0n) is 9.63. The minimum Gasteiger partial charge on any atom is -0.398 e. The van der Waals surface area contributed by atoms with Crippen LogP contribution in [0.2, 0.25) is 0 Å². The molecule has 0 aliphatic rings. The molecule has 2 aromatic rings. The van der Waals surface area contributed by atoms with E-state index in [9.17, 15) is 0 Å². The van der Waals surface area contributed by atoms with Crippen LogP contribution in [-0.4, -0.2) is 18.1 Å². The molecule has 0 amide bonds. The summed E-state index contributed by atoms with van der Waals surface area (Å²) < 4.78 is 0.948. The van der Waals surface area contributed by atoms with E-state index in [1.165, 1.54) is 0 Å². The van der Waals surface area contributed by atoms with Crippen molar-refractivity contribution in [3.63, 3.8) is 0 Å². The minimum absolute atomic E-state index is 0.570. The summed E-state index contributed by atoms with van der Waals surface area (Å²) in [6, 6.07) is 5.82. The highest BCUT2D eigenvalue weighted by atomic mass is 79.9. The smallest absolute Gasteiger partial charge is 0.134 e. The van der Waals surface area contributed by atoms with Crippen LogP contribution in [0.3, 0.4) is 0 Å². The maximum atomic E-state index is 6.01. The van der Waals surface area contributed by atoms with Crippen molar-refractivity contribution in [2.75, 3.05) is 24.1 Å². The number of halogens is 1. The van der Waals surface area contributed by atoms with Crippen molar-refractivity contribution >= 4 is 38.2 Å². The second kappa shape index (κ2) is 4.89. The number of anilines is 2. The van der Waals surface area contributed by atoms with Crippen LogP contribution >= 0.6 is 15.9 Å². The molecule has 1 aromatic heterocycles. The molecule has 17 heavy (non-hydrogen) atoms. The van der Waals surface area contributed by atoms with Gasteiger partial charge in [0.15, 0.2) is 0 Å². The summed E-state index contributed by atoms with van der Waals surface area (Å²) in [5.41, 5.74) is 13.2. The first-order valence-corrected chi connectivity index (χ1v) is 6.22. The summed E-state index contributed by atoms with van der Waals surface area (Å²) in [6.45, 7) is 3.21. The Kier molecular flexibility index (Phi) is 3.49. The lowest BCUT2D eigenvalue weighted by Gasteiger charge is -2.12. The van der Waals surface area contributed by atoms with Gasteiger partial charge in [0.05, 0.1) is 5.69 Å². The molecule has 0 unspecified atom stereocenters. The number of benzene rings is 1. The monoisotopic (exact) mass is 294 g/mol. The molecule has 0 aliphatic carbocycles. The van der Waals surface area contributed by atoms with Gasteiger partial charge in [0.25, 0.3) is 0 Å². The molecule has 0 spiro atoms. The number of aryl methyl sites for hydroxylation is 1. The third-order valence-corrected chi connectivity index (χ3v) is 3.58. The van der Waals surface area contributed by atoms with Gasteiger partial charge in [0.2, 0.25) is 0 Å². The van der Waals surface area contributed by atoms with Gasteiger partial charge >= 0.3 is 0 Å². The van der Waals surface area contributed by atoms with Crippen molar-refractivity contribution in [3.05, 3.63) is 28.4 Å². The molecular weight excluding hydrogens is 280 g/mol. The standard InChI is InChI=1S/C12H15BrN4/c1-7-11(13)10-8(3-2-4-9(10)15)12(17-7)16-6-5-14/h2-4H,5-6,14-15H2,1H3,(H,16,17). The van der Waals surface area contributed by atoms with Gasteiger partial charge in [-0.15, -0.1) is 0 Å². The first-order valence-electron chi connectivity index (χ1n) is 5.43. The number of nitrogens with two attached hydrogens (primary N) is 2. The summed E-state index contributed by atoms with van der Waals surface area (Å²) in [6.07, 6.45) is 0. The largest absolute Gasteiger partial charge is 0.398 e. The quantitative estimate of drug-likeness (QED) is 0.759. The van der Waals surface area contributed by atoms with E-state index in [0.717, 1.165) is 32.4 Å². The van der Waals surface area contributed by atoms with Crippen LogP contribution in [0.25, 0.3) is 10.8 Å². The van der Waals surface area contributed by atoms with Crippen LogP contribution in [0.1, 0.15) is 5.69 Å². The molecule has 2 rings (SSSR count). The van der Waals surface area contributed by atoms with Crippen molar-refractivity contribution < 1.29 is 0 Å². The first-order chi connectivity index (χ1) is 8.15. The maximum absolute atomic E-state index is 6.01. The topological polar surface area (TPSA) is 77.0 Å². The zero-order chi connectivity index (χ0) is 12.4. The van der Waals surface area contributed by atoms with Gasteiger partial charge in [-0.1, -0.05) is 12.1 Å². The number of nitrogens with zero attached hydrogens (tertiary/aromatic N) is 1. The van der Waals surface area contributed by atoms with Gasteiger partial charge < -0.3 is 16.8 Å². The van der Waals surface area contributed by atoms with Crippen molar-refractivity contribution in [1.29, 1.82) is 0 Å². The van der Waals surface area contributed by atoms with Gasteiger partial charge in [-0.2, -0.15) is 0 Å². The molecule has 0 saturated heterocycles. The molecule has 1 aromatic carbocycles. The summed E-state index contributed by atoms with van der Waals surface area (Å²) in [5, 5.41) is 5.23. The molecule has 0 bridgehead atoms. The molecule has 0 saturated carbocycles. The highest BCUT2D eigenvalue weighted by molar-refractivity contribution is 9.10. The van der Waals surface area contributed by atoms with E-state index in [2.05, 4.69) is 26.2 Å². The van der Waals surface area contributed by atoms with Crippen molar-refractivity contribution in [2.24, 2.45) is 5.73 Å². The second-order valence-corrected chi connectivity index (χ2v) is 4.64. The zero-order valence-corrected chi connectivity index (χ0v) is 11.2. The number of hydrogen-bond acceptors (Lipinski definition) is 4. The Labute approximate surface area is 109 Å². The van der Waals surface area contributed by atoms with Crippen molar-refractivity contribution in [3.8, 4) is 0 Å². The van der Waals surface area contributed by atoms with Crippen molar-refractivity contribution in [1.82, 2.24) is 4.98 Å². The molecule has 0 atom stereocenters. The summed E-state index contributed by atoms with van der Waals surface area (Å²) in [7, 11) is 0. The number of aromatic nitrogens is 1. The number of fused-ring (bicyclic) bond motifs is 1. The Morgan fingerprint density at radius 2 is 2.18 bits per heavy atom. The van der Waals surface area contributed by atoms with Crippen LogP contribution in [0.15, 0.2) is 22.7 Å². The van der Waals surface area contributed by atoms with Gasteiger partial charge in [-0.25, -0.2) is 4.98 Å². The lowest BCUT2D eigenvalue weighted by Crippen LogP contribution is -2.14. The SMILES string of the molecule is Cc1nc(NCCN)c2cccc(N)c2c1Br. The summed E-state index contributed by atoms with van der Waals surface area (Å²) in [4.78, 5) is 4.51. The molecule has 90 valence electrons. The van der Waals surface area contributed by atoms with Crippen LogP contribution in [0.5, 0.6) is 0 Å². The van der Waals surface area contributed by atoms with E-state index in [1.807, 2.05) is 25.1 Å². The Balaban J connectivity index is 2.69. The van der Waals surface area contributed by atoms with Crippen LogP contribution < -0.4 is 16.8 Å². The fraction of sp³-hybridized carbons (Fsp3) is 0.250. The fourth-order valence-electron chi connectivity index (χ4n) is 1.80. The van der Waals surface area contributed by atoms with E-state index < -0.39 is 0 Å². The Morgan fingerprint density at radius 3 is 2.88 bits per heavy atom. The average molecular weight is 295 g/mol. The predicted octanol–water partition coefficient (Wildman–Crippen LogP) is 2.26. The predicted molar refractivity (Wildman–Crippen MR) is 76.1 cm³/mol. The molecule has 0 fully saturated rings. The van der Waals surface area contributed by atoms with E-state index >= 15 is 0 Å². The van der Waals surface area contributed by atoms with Gasteiger partial charge in [0, 0.05) is 34.0 Å². The number of hydrogen-bond donors (Lipinski definition) is 3. The lowest BCUT2D eigenvalue weighted by atomic mass is 10.1. The number of rotatable bonds is 3. The van der Waals surface area contributed by atoms with Gasteiger partial charge in [0.1, 0.15) is 5.82 Å². The van der Waals surface area contributed by atoms with E-state index in [4.69, 9.17) is 11.5 Å². The third kappa shape index (κ3) is 2.21. The van der Waals surface area contributed by atoms with Crippen LogP contribution in [0.4, 0.5) is 11.5 Å². The normalized spacial score (nSPS) is 10.8. The number of nitrogen functional groups attached to an aromatic ring is 1. The summed E-state index contributed by atoms with van der Waals surface area (Å²) in [5.74, 6) is 0.832. The molecule has 0 aliphatic heterocycles. The van der Waals surface area contributed by atoms with Crippen LogP contribution in [-0.2, 0) is 0 Å². The Hall–Kier alpha value is -1.33. The lowest BCUT2D eigenvalue weighted by molar-refractivity contribution is 1.01. The molecule has 0 radical (unpaired) electrons. The fourth-order valence-corrected chi connectivity index (χ4v) is 2.33. The number of nitrogens with one attached hydrogen (secondary N) is 1. The molecule has 5 N–H and O–H groups in total. The Bertz CT molecular complexity index is 554.